The molecular weight excluding hydrogens is 290 g/mol. The number of nitrogens with zero attached hydrogens (tertiary/aromatic N) is 3. The predicted molar refractivity (Wildman–Crippen MR) is 77.5 cm³/mol. The number of amides is 1. The maximum atomic E-state index is 12.2. The third kappa shape index (κ3) is 2.48. The van der Waals surface area contributed by atoms with Gasteiger partial charge in [0.05, 0.1) is 38.4 Å². The van der Waals surface area contributed by atoms with Gasteiger partial charge in [-0.1, -0.05) is 0 Å². The van der Waals surface area contributed by atoms with E-state index in [-0.39, 0.29) is 11.5 Å². The van der Waals surface area contributed by atoms with Crippen LogP contribution in [0.2, 0.25) is 0 Å². The largest absolute Gasteiger partial charge is 0.379 e. The Balaban J connectivity index is 1.33. The molecule has 1 atom stereocenters. The molecule has 1 unspecified atom stereocenters. The molecule has 0 aliphatic carbocycles. The van der Waals surface area contributed by atoms with Gasteiger partial charge in [-0.3, -0.25) is 9.69 Å². The molecule has 1 amide bonds. The molecule has 4 heterocycles. The first kappa shape index (κ1) is 13.6. The fraction of sp³-hybridized carbons (Fsp3) is 0.714. The second-order valence-electron chi connectivity index (χ2n) is 6.04. The van der Waals surface area contributed by atoms with Crippen molar-refractivity contribution in [3.8, 4) is 0 Å². The fourth-order valence-corrected chi connectivity index (χ4v) is 4.02. The summed E-state index contributed by atoms with van der Waals surface area (Å²) in [6, 6.07) is 0.477. The van der Waals surface area contributed by atoms with Crippen LogP contribution in [0.5, 0.6) is 0 Å². The first-order chi connectivity index (χ1) is 10.3. The molecule has 114 valence electrons. The molecule has 1 aromatic heterocycles. The number of hydrogen-bond acceptors (Lipinski definition) is 6. The lowest BCUT2D eigenvalue weighted by Crippen LogP contribution is -2.63. The van der Waals surface area contributed by atoms with Gasteiger partial charge in [0.15, 0.2) is 0 Å². The summed E-state index contributed by atoms with van der Waals surface area (Å²) in [7, 11) is 0. The number of carbonyl (C=O) groups is 1. The van der Waals surface area contributed by atoms with Crippen LogP contribution >= 0.6 is 11.3 Å². The van der Waals surface area contributed by atoms with E-state index in [4.69, 9.17) is 9.47 Å². The number of morpholine rings is 1. The number of rotatable bonds is 2. The Morgan fingerprint density at radius 1 is 1.38 bits per heavy atom. The molecular formula is C14H19N3O3S. The van der Waals surface area contributed by atoms with Crippen LogP contribution < -0.4 is 0 Å². The van der Waals surface area contributed by atoms with Crippen LogP contribution in [0, 0.1) is 0 Å². The van der Waals surface area contributed by atoms with E-state index in [0.717, 1.165) is 39.3 Å². The number of thiazole rings is 1. The Morgan fingerprint density at radius 2 is 2.19 bits per heavy atom. The molecule has 1 aromatic rings. The maximum Gasteiger partial charge on any atom is 0.273 e. The summed E-state index contributed by atoms with van der Waals surface area (Å²) in [5.41, 5.74) is 2.13. The Morgan fingerprint density at radius 3 is 2.90 bits per heavy atom. The normalized spacial score (nSPS) is 28.8. The smallest absolute Gasteiger partial charge is 0.273 e. The quantitative estimate of drug-likeness (QED) is 0.794. The van der Waals surface area contributed by atoms with E-state index in [2.05, 4.69) is 9.88 Å². The molecule has 3 aliphatic heterocycles. The second-order valence-corrected chi connectivity index (χ2v) is 6.75. The molecule has 3 fully saturated rings. The highest BCUT2D eigenvalue weighted by Crippen LogP contribution is 2.37. The van der Waals surface area contributed by atoms with E-state index in [1.54, 1.807) is 10.9 Å². The average molecular weight is 309 g/mol. The van der Waals surface area contributed by atoms with Crippen molar-refractivity contribution in [2.24, 2.45) is 0 Å². The zero-order chi connectivity index (χ0) is 14.3. The minimum atomic E-state index is -0.116. The highest BCUT2D eigenvalue weighted by Gasteiger charge is 2.52. The first-order valence-electron chi connectivity index (χ1n) is 7.39. The first-order valence-corrected chi connectivity index (χ1v) is 8.33. The van der Waals surface area contributed by atoms with Crippen molar-refractivity contribution in [2.45, 2.75) is 18.1 Å². The zero-order valence-electron chi connectivity index (χ0n) is 11.9. The van der Waals surface area contributed by atoms with Gasteiger partial charge in [0.1, 0.15) is 11.3 Å². The number of ether oxygens (including phenoxy) is 2. The minimum absolute atomic E-state index is 0.0281. The van der Waals surface area contributed by atoms with Crippen LogP contribution in [-0.4, -0.2) is 78.3 Å². The Kier molecular flexibility index (Phi) is 3.45. The lowest BCUT2D eigenvalue weighted by molar-refractivity contribution is -0.0952. The van der Waals surface area contributed by atoms with Crippen molar-refractivity contribution < 1.29 is 14.3 Å². The van der Waals surface area contributed by atoms with Crippen LogP contribution in [0.25, 0.3) is 0 Å². The molecule has 3 aliphatic rings. The summed E-state index contributed by atoms with van der Waals surface area (Å²) in [5.74, 6) is 0.0281. The SMILES string of the molecule is O=C(c1cscn1)N1CC2(CC(N3CCOCC3)CO2)C1. The van der Waals surface area contributed by atoms with Gasteiger partial charge in [0.2, 0.25) is 0 Å². The molecule has 4 rings (SSSR count). The third-order valence-electron chi connectivity index (χ3n) is 4.65. The molecule has 0 aromatic carbocycles. The summed E-state index contributed by atoms with van der Waals surface area (Å²) < 4.78 is 11.4. The Labute approximate surface area is 127 Å². The van der Waals surface area contributed by atoms with Crippen LogP contribution in [0.4, 0.5) is 0 Å². The van der Waals surface area contributed by atoms with E-state index < -0.39 is 0 Å². The molecule has 0 bridgehead atoms. The summed E-state index contributed by atoms with van der Waals surface area (Å²) >= 11 is 1.45. The van der Waals surface area contributed by atoms with Gasteiger partial charge in [-0.2, -0.15) is 0 Å². The molecule has 1 spiro atoms. The van der Waals surface area contributed by atoms with Crippen LogP contribution in [-0.2, 0) is 9.47 Å². The molecule has 3 saturated heterocycles. The summed E-state index contributed by atoms with van der Waals surface area (Å²) in [6.45, 7) is 5.79. The molecule has 0 radical (unpaired) electrons. The van der Waals surface area contributed by atoms with Crippen molar-refractivity contribution in [1.29, 1.82) is 0 Å². The number of aromatic nitrogens is 1. The van der Waals surface area contributed by atoms with E-state index >= 15 is 0 Å². The Bertz CT molecular complexity index is 510. The van der Waals surface area contributed by atoms with Gasteiger partial charge < -0.3 is 14.4 Å². The third-order valence-corrected chi connectivity index (χ3v) is 5.23. The van der Waals surface area contributed by atoms with Crippen LogP contribution in [0.3, 0.4) is 0 Å². The molecule has 6 nitrogen and oxygen atoms in total. The lowest BCUT2D eigenvalue weighted by atomic mass is 9.88. The van der Waals surface area contributed by atoms with Gasteiger partial charge >= 0.3 is 0 Å². The highest BCUT2D eigenvalue weighted by atomic mass is 32.1. The van der Waals surface area contributed by atoms with Gasteiger partial charge in [-0.05, 0) is 6.42 Å². The van der Waals surface area contributed by atoms with Crippen LogP contribution in [0.15, 0.2) is 10.9 Å². The van der Waals surface area contributed by atoms with Gasteiger partial charge in [-0.15, -0.1) is 11.3 Å². The van der Waals surface area contributed by atoms with Gasteiger partial charge in [0.25, 0.3) is 5.91 Å². The Hall–Kier alpha value is -1.02. The lowest BCUT2D eigenvalue weighted by Gasteiger charge is -2.47. The second kappa shape index (κ2) is 5.31. The molecule has 0 N–H and O–H groups in total. The van der Waals surface area contributed by atoms with E-state index in [0.29, 0.717) is 24.8 Å². The van der Waals surface area contributed by atoms with Crippen LogP contribution in [0.1, 0.15) is 16.9 Å². The molecule has 0 saturated carbocycles. The van der Waals surface area contributed by atoms with Gasteiger partial charge in [0, 0.05) is 24.5 Å². The fourth-order valence-electron chi connectivity index (χ4n) is 3.49. The number of likely N-dealkylation sites (tertiary alicyclic amines) is 1. The topological polar surface area (TPSA) is 54.9 Å². The zero-order valence-corrected chi connectivity index (χ0v) is 12.7. The average Bonchev–Trinajstić information content (AvgIpc) is 3.15. The van der Waals surface area contributed by atoms with Crippen molar-refractivity contribution in [1.82, 2.24) is 14.8 Å². The van der Waals surface area contributed by atoms with Gasteiger partial charge in [-0.25, -0.2) is 4.98 Å². The predicted octanol–water partition coefficient (Wildman–Crippen LogP) is 0.459. The van der Waals surface area contributed by atoms with Crippen molar-refractivity contribution >= 4 is 17.2 Å². The molecule has 21 heavy (non-hydrogen) atoms. The standard InChI is InChI=1S/C14H19N3O3S/c18-13(12-7-21-10-15-12)17-8-14(9-17)5-11(6-20-14)16-1-3-19-4-2-16/h7,10-11H,1-6,8-9H2. The summed E-state index contributed by atoms with van der Waals surface area (Å²) in [4.78, 5) is 20.6. The number of carbonyl (C=O) groups excluding carboxylic acids is 1. The van der Waals surface area contributed by atoms with Crippen molar-refractivity contribution in [3.63, 3.8) is 0 Å². The maximum absolute atomic E-state index is 12.2. The van der Waals surface area contributed by atoms with E-state index in [1.807, 2.05) is 4.90 Å². The van der Waals surface area contributed by atoms with Crippen molar-refractivity contribution in [2.75, 3.05) is 46.0 Å². The monoisotopic (exact) mass is 309 g/mol. The summed E-state index contributed by atoms with van der Waals surface area (Å²) in [6.07, 6.45) is 1.02. The van der Waals surface area contributed by atoms with E-state index in [9.17, 15) is 4.79 Å². The molecule has 7 heteroatoms. The van der Waals surface area contributed by atoms with Crippen molar-refractivity contribution in [3.05, 3.63) is 16.6 Å². The number of hydrogen-bond donors (Lipinski definition) is 0. The minimum Gasteiger partial charge on any atom is -0.379 e. The summed E-state index contributed by atoms with van der Waals surface area (Å²) in [5, 5.41) is 1.80. The highest BCUT2D eigenvalue weighted by molar-refractivity contribution is 7.07. The van der Waals surface area contributed by atoms with E-state index in [1.165, 1.54) is 11.3 Å².